The van der Waals surface area contributed by atoms with E-state index in [1.54, 1.807) is 0 Å². The van der Waals surface area contributed by atoms with E-state index in [2.05, 4.69) is 26.5 Å². The molecule has 0 atom stereocenters. The highest BCUT2D eigenvalue weighted by atomic mass is 14.4. The lowest BCUT2D eigenvalue weighted by molar-refractivity contribution is 0.737. The highest BCUT2D eigenvalue weighted by Gasteiger charge is 1.68. The average Bonchev–Trinajstić information content (AvgIpc) is 1.98. The highest BCUT2D eigenvalue weighted by molar-refractivity contribution is 4.20. The Morgan fingerprint density at radius 2 is 0.700 bits per heavy atom. The van der Waals surface area contributed by atoms with Gasteiger partial charge in [-0.2, -0.15) is 0 Å². The van der Waals surface area contributed by atoms with Gasteiger partial charge in [-0.15, -0.1) is 0 Å². The van der Waals surface area contributed by atoms with Crippen molar-refractivity contribution in [3.8, 4) is 0 Å². The summed E-state index contributed by atoms with van der Waals surface area (Å²) in [7, 11) is 1.50. The van der Waals surface area contributed by atoms with Gasteiger partial charge in [-0.05, 0) is 13.0 Å². The van der Waals surface area contributed by atoms with Crippen LogP contribution in [0.15, 0.2) is 0 Å². The molecule has 0 aliphatic rings. The van der Waals surface area contributed by atoms with Gasteiger partial charge in [0.25, 0.3) is 0 Å². The SMILES string of the molecule is CC.CC.CC(C)C.CN. The third kappa shape index (κ3) is 241000. The quantitative estimate of drug-likeness (QED) is 0.562. The van der Waals surface area contributed by atoms with E-state index in [-0.39, 0.29) is 0 Å². The molecular formula is C9H27N. The van der Waals surface area contributed by atoms with Crippen molar-refractivity contribution in [1.29, 1.82) is 0 Å². The molecule has 0 aliphatic carbocycles. The normalized spacial score (nSPS) is 5.40. The molecule has 1 nitrogen and oxygen atoms in total. The van der Waals surface area contributed by atoms with Crippen LogP contribution in [0.4, 0.5) is 0 Å². The van der Waals surface area contributed by atoms with Crippen LogP contribution in [0.1, 0.15) is 48.5 Å². The van der Waals surface area contributed by atoms with Gasteiger partial charge >= 0.3 is 0 Å². The maximum Gasteiger partial charge on any atom is -0.0195 e. The monoisotopic (exact) mass is 149 g/mol. The molecule has 0 aromatic carbocycles. The van der Waals surface area contributed by atoms with Crippen LogP contribution in [0.5, 0.6) is 0 Å². The fraction of sp³-hybridized carbons (Fsp3) is 1.00. The van der Waals surface area contributed by atoms with Crippen molar-refractivity contribution in [3.63, 3.8) is 0 Å². The van der Waals surface area contributed by atoms with Crippen molar-refractivity contribution < 1.29 is 0 Å². The minimum Gasteiger partial charge on any atom is -0.333 e. The Morgan fingerprint density at radius 3 is 0.700 bits per heavy atom. The molecule has 0 saturated carbocycles. The predicted molar refractivity (Wildman–Crippen MR) is 53.3 cm³/mol. The van der Waals surface area contributed by atoms with Gasteiger partial charge in [0, 0.05) is 0 Å². The van der Waals surface area contributed by atoms with Crippen LogP contribution < -0.4 is 5.73 Å². The topological polar surface area (TPSA) is 26.0 Å². The van der Waals surface area contributed by atoms with Crippen molar-refractivity contribution in [1.82, 2.24) is 0 Å². The van der Waals surface area contributed by atoms with Gasteiger partial charge in [0.2, 0.25) is 0 Å². The van der Waals surface area contributed by atoms with Gasteiger partial charge in [-0.1, -0.05) is 48.5 Å². The Bertz CT molecular complexity index is 9.44. The van der Waals surface area contributed by atoms with Crippen LogP contribution in [-0.2, 0) is 0 Å². The van der Waals surface area contributed by atoms with E-state index in [0.29, 0.717) is 0 Å². The number of hydrogen-bond donors (Lipinski definition) is 1. The summed E-state index contributed by atoms with van der Waals surface area (Å²) in [5, 5.41) is 0. The number of nitrogens with two attached hydrogens (primary N) is 1. The summed E-state index contributed by atoms with van der Waals surface area (Å²) in [6.45, 7) is 14.5. The molecule has 0 spiro atoms. The summed E-state index contributed by atoms with van der Waals surface area (Å²) in [6, 6.07) is 0. The minimum absolute atomic E-state index is 0.833. The predicted octanol–water partition coefficient (Wildman–Crippen LogP) is 3.29. The zero-order valence-electron chi connectivity index (χ0n) is 9.15. The highest BCUT2D eigenvalue weighted by Crippen LogP contribution is 1.81. The molecule has 1 heteroatoms. The largest absolute Gasteiger partial charge is 0.333 e. The summed E-state index contributed by atoms with van der Waals surface area (Å²) in [5.41, 5.74) is 4.50. The molecule has 0 aromatic rings. The fourth-order valence-electron chi connectivity index (χ4n) is 0. The van der Waals surface area contributed by atoms with Gasteiger partial charge < -0.3 is 5.73 Å². The second-order valence-corrected chi connectivity index (χ2v) is 1.73. The smallest absolute Gasteiger partial charge is 0.0195 e. The molecule has 0 unspecified atom stereocenters. The van der Waals surface area contributed by atoms with Gasteiger partial charge in [0.1, 0.15) is 0 Å². The van der Waals surface area contributed by atoms with E-state index in [1.807, 2.05) is 27.7 Å². The lowest BCUT2D eigenvalue weighted by Crippen LogP contribution is -1.69. The molecule has 0 fully saturated rings. The van der Waals surface area contributed by atoms with Crippen molar-refractivity contribution in [2.45, 2.75) is 48.5 Å². The third-order valence-corrected chi connectivity index (χ3v) is 0. The van der Waals surface area contributed by atoms with E-state index in [0.717, 1.165) is 5.92 Å². The van der Waals surface area contributed by atoms with E-state index < -0.39 is 0 Å². The maximum absolute atomic E-state index is 4.50. The Balaban J connectivity index is -0.0000000262. The standard InChI is InChI=1S/C4H10.2C2H6.CH5N/c1-4(2)3;3*1-2/h4H,1-3H3;2*1-2H3;2H2,1H3. The second kappa shape index (κ2) is 64.8. The van der Waals surface area contributed by atoms with E-state index in [1.165, 1.54) is 7.05 Å². The van der Waals surface area contributed by atoms with Crippen molar-refractivity contribution >= 4 is 0 Å². The Morgan fingerprint density at radius 1 is 0.700 bits per heavy atom. The Hall–Kier alpha value is -0.0400. The summed E-state index contributed by atoms with van der Waals surface area (Å²) in [4.78, 5) is 0. The van der Waals surface area contributed by atoms with Crippen LogP contribution in [0.2, 0.25) is 0 Å². The van der Waals surface area contributed by atoms with Crippen molar-refractivity contribution in [3.05, 3.63) is 0 Å². The molecule has 2 N–H and O–H groups in total. The summed E-state index contributed by atoms with van der Waals surface area (Å²) in [6.07, 6.45) is 0. The first-order valence-corrected chi connectivity index (χ1v) is 4.31. The molecule has 0 heterocycles. The molecule has 0 radical (unpaired) electrons. The zero-order valence-corrected chi connectivity index (χ0v) is 9.15. The van der Waals surface area contributed by atoms with E-state index in [4.69, 9.17) is 0 Å². The maximum atomic E-state index is 4.50. The molecule has 0 bridgehead atoms. The van der Waals surface area contributed by atoms with Crippen LogP contribution >= 0.6 is 0 Å². The summed E-state index contributed by atoms with van der Waals surface area (Å²) >= 11 is 0. The molecular weight excluding hydrogens is 122 g/mol. The van der Waals surface area contributed by atoms with Crippen LogP contribution in [0, 0.1) is 5.92 Å². The van der Waals surface area contributed by atoms with Gasteiger partial charge in [0.15, 0.2) is 0 Å². The molecule has 0 rings (SSSR count). The van der Waals surface area contributed by atoms with Gasteiger partial charge in [-0.25, -0.2) is 0 Å². The van der Waals surface area contributed by atoms with E-state index in [9.17, 15) is 0 Å². The zero-order chi connectivity index (χ0) is 9.58. The second-order valence-electron chi connectivity index (χ2n) is 1.73. The lowest BCUT2D eigenvalue weighted by Gasteiger charge is -1.79. The molecule has 0 aromatic heterocycles. The van der Waals surface area contributed by atoms with Crippen LogP contribution in [0.3, 0.4) is 0 Å². The number of hydrogen-bond acceptors (Lipinski definition) is 1. The van der Waals surface area contributed by atoms with Crippen molar-refractivity contribution in [2.75, 3.05) is 7.05 Å². The lowest BCUT2D eigenvalue weighted by atomic mass is 10.3. The average molecular weight is 149 g/mol. The summed E-state index contributed by atoms with van der Waals surface area (Å²) in [5.74, 6) is 0.833. The van der Waals surface area contributed by atoms with Gasteiger partial charge in [0.05, 0.1) is 0 Å². The van der Waals surface area contributed by atoms with Gasteiger partial charge in [-0.3, -0.25) is 0 Å². The fourth-order valence-corrected chi connectivity index (χ4v) is 0. The third-order valence-electron chi connectivity index (χ3n) is 0. The number of rotatable bonds is 0. The minimum atomic E-state index is 0.833. The Labute approximate surface area is 68.0 Å². The molecule has 0 amide bonds. The first-order chi connectivity index (χ1) is 4.73. The molecule has 10 heavy (non-hydrogen) atoms. The van der Waals surface area contributed by atoms with Crippen LogP contribution in [-0.4, -0.2) is 7.05 Å². The molecule has 0 saturated heterocycles. The Kier molecular flexibility index (Phi) is 146. The van der Waals surface area contributed by atoms with Crippen molar-refractivity contribution in [2.24, 2.45) is 11.7 Å². The molecule has 68 valence electrons. The first-order valence-electron chi connectivity index (χ1n) is 4.31. The first kappa shape index (κ1) is 22.5. The van der Waals surface area contributed by atoms with E-state index >= 15 is 0 Å². The molecule has 0 aliphatic heterocycles. The summed E-state index contributed by atoms with van der Waals surface area (Å²) < 4.78 is 0. The van der Waals surface area contributed by atoms with Crippen LogP contribution in [0.25, 0.3) is 0 Å².